The van der Waals surface area contributed by atoms with E-state index in [9.17, 15) is 4.79 Å². The fraction of sp³-hybridized carbons (Fsp3) is 0.933. The highest BCUT2D eigenvalue weighted by molar-refractivity contribution is 5.76. The zero-order valence-corrected chi connectivity index (χ0v) is 12.5. The zero-order chi connectivity index (χ0) is 13.6. The van der Waals surface area contributed by atoms with Gasteiger partial charge in [0.2, 0.25) is 5.91 Å². The molecule has 1 unspecified atom stereocenters. The highest BCUT2D eigenvalue weighted by Crippen LogP contribution is 2.35. The van der Waals surface area contributed by atoms with Crippen LogP contribution < -0.4 is 10.6 Å². The third kappa shape index (κ3) is 5.38. The minimum absolute atomic E-state index is 0.223. The van der Waals surface area contributed by atoms with Crippen LogP contribution in [0, 0.1) is 5.41 Å². The summed E-state index contributed by atoms with van der Waals surface area (Å²) in [5.74, 6) is 0.223. The normalized spacial score (nSPS) is 23.1. The lowest BCUT2D eigenvalue weighted by molar-refractivity contribution is -0.123. The number of carbonyl (C=O) groups excluding carboxylic acids is 1. The molecule has 3 nitrogen and oxygen atoms in total. The van der Waals surface area contributed by atoms with Gasteiger partial charge in [0.1, 0.15) is 0 Å². The minimum Gasteiger partial charge on any atom is -0.353 e. The van der Waals surface area contributed by atoms with Crippen LogP contribution in [0.4, 0.5) is 0 Å². The van der Waals surface area contributed by atoms with E-state index in [0.717, 1.165) is 19.4 Å². The molecule has 0 aromatic carbocycles. The number of hydrogen-bond acceptors (Lipinski definition) is 2. The topological polar surface area (TPSA) is 41.1 Å². The summed E-state index contributed by atoms with van der Waals surface area (Å²) in [6.45, 7) is 9.74. The van der Waals surface area contributed by atoms with Crippen molar-refractivity contribution in [3.05, 3.63) is 0 Å². The van der Waals surface area contributed by atoms with Gasteiger partial charge in [-0.1, -0.05) is 40.5 Å². The van der Waals surface area contributed by atoms with Crippen molar-refractivity contribution in [3.8, 4) is 0 Å². The molecule has 106 valence electrons. The van der Waals surface area contributed by atoms with E-state index in [0.29, 0.717) is 18.5 Å². The fourth-order valence-corrected chi connectivity index (χ4v) is 2.67. The smallest absolute Gasteiger partial charge is 0.220 e. The van der Waals surface area contributed by atoms with Crippen molar-refractivity contribution >= 4 is 5.91 Å². The second-order valence-corrected chi connectivity index (χ2v) is 6.57. The van der Waals surface area contributed by atoms with E-state index < -0.39 is 0 Å². The Labute approximate surface area is 112 Å². The van der Waals surface area contributed by atoms with Crippen LogP contribution in [0.15, 0.2) is 0 Å². The van der Waals surface area contributed by atoms with Crippen LogP contribution in [-0.4, -0.2) is 24.5 Å². The Morgan fingerprint density at radius 1 is 1.33 bits per heavy atom. The summed E-state index contributed by atoms with van der Waals surface area (Å²) in [5, 5.41) is 6.57. The fourth-order valence-electron chi connectivity index (χ4n) is 2.67. The highest BCUT2D eigenvalue weighted by Gasteiger charge is 2.32. The molecule has 1 aliphatic carbocycles. The molecule has 1 amide bonds. The number of rotatable bonds is 6. The minimum atomic E-state index is 0.223. The Kier molecular flexibility index (Phi) is 6.13. The Morgan fingerprint density at radius 3 is 2.67 bits per heavy atom. The van der Waals surface area contributed by atoms with Gasteiger partial charge in [-0.25, -0.2) is 0 Å². The average Bonchev–Trinajstić information content (AvgIpc) is 2.27. The molecule has 0 aromatic heterocycles. The third-order valence-electron chi connectivity index (χ3n) is 3.98. The lowest BCUT2D eigenvalue weighted by Gasteiger charge is -2.39. The Morgan fingerprint density at radius 2 is 2.06 bits per heavy atom. The first-order chi connectivity index (χ1) is 8.42. The van der Waals surface area contributed by atoms with Gasteiger partial charge in [0.05, 0.1) is 0 Å². The second kappa shape index (κ2) is 7.13. The predicted molar refractivity (Wildman–Crippen MR) is 76.6 cm³/mol. The van der Waals surface area contributed by atoms with Crippen LogP contribution in [0.2, 0.25) is 0 Å². The monoisotopic (exact) mass is 254 g/mol. The Bertz CT molecular complexity index is 261. The molecule has 1 fully saturated rings. The zero-order valence-electron chi connectivity index (χ0n) is 12.5. The van der Waals surface area contributed by atoms with Crippen LogP contribution in [0.3, 0.4) is 0 Å². The molecule has 0 aromatic rings. The molecule has 18 heavy (non-hydrogen) atoms. The van der Waals surface area contributed by atoms with Gasteiger partial charge in [-0.2, -0.15) is 0 Å². The van der Waals surface area contributed by atoms with Crippen LogP contribution in [-0.2, 0) is 4.79 Å². The lowest BCUT2D eigenvalue weighted by Crippen LogP contribution is -2.46. The molecule has 0 radical (unpaired) electrons. The predicted octanol–water partition coefficient (Wildman–Crippen LogP) is 2.85. The number of nitrogens with one attached hydrogen (secondary N) is 2. The van der Waals surface area contributed by atoms with Gasteiger partial charge in [-0.3, -0.25) is 4.79 Å². The largest absolute Gasteiger partial charge is 0.353 e. The number of amides is 1. The quantitative estimate of drug-likeness (QED) is 0.716. The maximum absolute atomic E-state index is 11.9. The first-order valence-corrected chi connectivity index (χ1v) is 7.44. The molecule has 0 bridgehead atoms. The molecule has 0 aliphatic heterocycles. The van der Waals surface area contributed by atoms with Crippen LogP contribution >= 0.6 is 0 Å². The van der Waals surface area contributed by atoms with E-state index in [4.69, 9.17) is 0 Å². The maximum Gasteiger partial charge on any atom is 0.220 e. The van der Waals surface area contributed by atoms with Crippen molar-refractivity contribution in [1.82, 2.24) is 10.6 Å². The molecule has 0 saturated heterocycles. The van der Waals surface area contributed by atoms with E-state index >= 15 is 0 Å². The summed E-state index contributed by atoms with van der Waals surface area (Å²) in [7, 11) is 0. The van der Waals surface area contributed by atoms with Crippen molar-refractivity contribution < 1.29 is 4.79 Å². The van der Waals surface area contributed by atoms with Crippen molar-refractivity contribution in [2.45, 2.75) is 78.3 Å². The van der Waals surface area contributed by atoms with E-state index in [1.807, 2.05) is 0 Å². The van der Waals surface area contributed by atoms with Crippen LogP contribution in [0.25, 0.3) is 0 Å². The van der Waals surface area contributed by atoms with E-state index in [1.165, 1.54) is 19.3 Å². The van der Waals surface area contributed by atoms with Crippen molar-refractivity contribution in [2.75, 3.05) is 6.54 Å². The van der Waals surface area contributed by atoms with Gasteiger partial charge in [0, 0.05) is 18.5 Å². The number of hydrogen-bond donors (Lipinski definition) is 2. The molecule has 1 aliphatic rings. The van der Waals surface area contributed by atoms with Crippen molar-refractivity contribution in [3.63, 3.8) is 0 Å². The van der Waals surface area contributed by atoms with E-state index in [2.05, 4.69) is 38.3 Å². The van der Waals surface area contributed by atoms with Crippen LogP contribution in [0.1, 0.15) is 66.2 Å². The summed E-state index contributed by atoms with van der Waals surface area (Å²) >= 11 is 0. The standard InChI is InChI=1S/C15H30N2O/c1-12(2)16-11-7-9-14(18)17-13-8-5-6-10-15(13,3)4/h12-13,16H,5-11H2,1-4H3,(H,17,18). The van der Waals surface area contributed by atoms with Gasteiger partial charge in [-0.15, -0.1) is 0 Å². The van der Waals surface area contributed by atoms with Gasteiger partial charge in [0.25, 0.3) is 0 Å². The average molecular weight is 254 g/mol. The Balaban J connectivity index is 2.22. The molecular formula is C15H30N2O. The van der Waals surface area contributed by atoms with Crippen molar-refractivity contribution in [1.29, 1.82) is 0 Å². The van der Waals surface area contributed by atoms with Gasteiger partial charge < -0.3 is 10.6 Å². The molecule has 1 saturated carbocycles. The maximum atomic E-state index is 11.9. The first kappa shape index (κ1) is 15.5. The number of carbonyl (C=O) groups is 1. The summed E-state index contributed by atoms with van der Waals surface area (Å²) in [4.78, 5) is 11.9. The molecular weight excluding hydrogens is 224 g/mol. The summed E-state index contributed by atoms with van der Waals surface area (Å²) in [5.41, 5.74) is 0.268. The summed E-state index contributed by atoms with van der Waals surface area (Å²) < 4.78 is 0. The van der Waals surface area contributed by atoms with E-state index in [-0.39, 0.29) is 11.3 Å². The summed E-state index contributed by atoms with van der Waals surface area (Å²) in [6, 6.07) is 0.877. The van der Waals surface area contributed by atoms with Crippen LogP contribution in [0.5, 0.6) is 0 Å². The summed E-state index contributed by atoms with van der Waals surface area (Å²) in [6.07, 6.45) is 6.50. The molecule has 0 heterocycles. The SMILES string of the molecule is CC(C)NCCCC(=O)NC1CCCCC1(C)C. The molecule has 0 spiro atoms. The van der Waals surface area contributed by atoms with Gasteiger partial charge in [0.15, 0.2) is 0 Å². The Hall–Kier alpha value is -0.570. The second-order valence-electron chi connectivity index (χ2n) is 6.57. The lowest BCUT2D eigenvalue weighted by atomic mass is 9.73. The van der Waals surface area contributed by atoms with Gasteiger partial charge >= 0.3 is 0 Å². The highest BCUT2D eigenvalue weighted by atomic mass is 16.1. The van der Waals surface area contributed by atoms with Gasteiger partial charge in [-0.05, 0) is 31.2 Å². The first-order valence-electron chi connectivity index (χ1n) is 7.44. The molecule has 2 N–H and O–H groups in total. The molecule has 1 atom stereocenters. The van der Waals surface area contributed by atoms with Crippen molar-refractivity contribution in [2.24, 2.45) is 5.41 Å². The molecule has 1 rings (SSSR count). The van der Waals surface area contributed by atoms with E-state index in [1.54, 1.807) is 0 Å². The third-order valence-corrected chi connectivity index (χ3v) is 3.98. The molecule has 3 heteroatoms.